The number of ketones is 1. The zero-order valence-corrected chi connectivity index (χ0v) is 18.4. The molecule has 1 fully saturated rings. The van der Waals surface area contributed by atoms with Gasteiger partial charge in [0.15, 0.2) is 12.4 Å². The summed E-state index contributed by atoms with van der Waals surface area (Å²) >= 11 is 1.40. The van der Waals surface area contributed by atoms with Gasteiger partial charge in [-0.3, -0.25) is 14.4 Å². The molecule has 0 spiro atoms. The zero-order chi connectivity index (χ0) is 22.1. The lowest BCUT2D eigenvalue weighted by Gasteiger charge is -2.31. The second-order valence-corrected chi connectivity index (χ2v) is 9.25. The maximum Gasteiger partial charge on any atom is 0.311 e. The van der Waals surface area contributed by atoms with E-state index in [1.54, 1.807) is 11.0 Å². The van der Waals surface area contributed by atoms with Crippen LogP contribution in [0.1, 0.15) is 44.0 Å². The predicted molar refractivity (Wildman–Crippen MR) is 123 cm³/mol. The average molecular weight is 446 g/mol. The highest BCUT2D eigenvalue weighted by molar-refractivity contribution is 7.12. The molecule has 1 unspecified atom stereocenters. The summed E-state index contributed by atoms with van der Waals surface area (Å²) in [6, 6.07) is 17.5. The van der Waals surface area contributed by atoms with E-state index < -0.39 is 11.9 Å². The molecule has 0 N–H and O–H groups in total. The fraction of sp³-hybridized carbons (Fsp3) is 0.269. The number of Topliss-reactive ketones (excluding diaryl/α,β-unsaturated/α-hetero) is 1. The van der Waals surface area contributed by atoms with E-state index in [0.29, 0.717) is 30.0 Å². The summed E-state index contributed by atoms with van der Waals surface area (Å²) in [7, 11) is 0. The topological polar surface area (TPSA) is 63.7 Å². The van der Waals surface area contributed by atoms with E-state index in [1.165, 1.54) is 22.5 Å². The fourth-order valence-electron chi connectivity index (χ4n) is 4.55. The molecule has 2 aliphatic rings. The number of ether oxygens (including phenoxy) is 1. The maximum absolute atomic E-state index is 12.7. The molecule has 162 valence electrons. The van der Waals surface area contributed by atoms with Crippen LogP contribution < -0.4 is 0 Å². The molecular weight excluding hydrogens is 422 g/mol. The third kappa shape index (κ3) is 3.98. The van der Waals surface area contributed by atoms with E-state index in [4.69, 9.17) is 4.74 Å². The average Bonchev–Trinajstić information content (AvgIpc) is 3.49. The van der Waals surface area contributed by atoms with Crippen molar-refractivity contribution in [1.29, 1.82) is 0 Å². The molecule has 0 bridgehead atoms. The second-order valence-electron chi connectivity index (χ2n) is 8.30. The van der Waals surface area contributed by atoms with Gasteiger partial charge in [-0.05, 0) is 59.0 Å². The van der Waals surface area contributed by atoms with Gasteiger partial charge in [0.1, 0.15) is 0 Å². The molecule has 3 aromatic rings. The summed E-state index contributed by atoms with van der Waals surface area (Å²) in [6.45, 7) is 0.685. The lowest BCUT2D eigenvalue weighted by molar-refractivity contribution is -0.148. The van der Waals surface area contributed by atoms with Crippen LogP contribution in [0.25, 0.3) is 11.1 Å². The largest absolute Gasteiger partial charge is 0.457 e. The number of thiophene rings is 1. The van der Waals surface area contributed by atoms with Gasteiger partial charge in [-0.1, -0.05) is 42.5 Å². The molecular formula is C26H23NO4S. The molecule has 1 saturated heterocycles. The fourth-order valence-corrected chi connectivity index (χ4v) is 5.24. The molecule has 1 atom stereocenters. The van der Waals surface area contributed by atoms with Crippen molar-refractivity contribution >= 4 is 29.0 Å². The van der Waals surface area contributed by atoms with Crippen LogP contribution in [-0.4, -0.2) is 42.3 Å². The van der Waals surface area contributed by atoms with Gasteiger partial charge in [-0.2, -0.15) is 0 Å². The van der Waals surface area contributed by atoms with Crippen molar-refractivity contribution in [2.45, 2.75) is 19.3 Å². The lowest BCUT2D eigenvalue weighted by Crippen LogP contribution is -2.42. The molecule has 1 amide bonds. The number of carbonyl (C=O) groups is 3. The minimum atomic E-state index is -0.409. The number of amides is 1. The summed E-state index contributed by atoms with van der Waals surface area (Å²) in [4.78, 5) is 40.3. The van der Waals surface area contributed by atoms with Crippen molar-refractivity contribution in [3.05, 3.63) is 81.5 Å². The first-order chi connectivity index (χ1) is 15.6. The Labute approximate surface area is 190 Å². The Morgan fingerprint density at radius 3 is 2.69 bits per heavy atom. The van der Waals surface area contributed by atoms with Crippen molar-refractivity contribution in [2.75, 3.05) is 19.7 Å². The minimum absolute atomic E-state index is 0.0491. The minimum Gasteiger partial charge on any atom is -0.457 e. The van der Waals surface area contributed by atoms with Gasteiger partial charge in [0.25, 0.3) is 5.91 Å². The lowest BCUT2D eigenvalue weighted by atomic mass is 9.98. The van der Waals surface area contributed by atoms with E-state index in [2.05, 4.69) is 12.1 Å². The van der Waals surface area contributed by atoms with E-state index >= 15 is 0 Å². The van der Waals surface area contributed by atoms with Gasteiger partial charge >= 0.3 is 5.97 Å². The Balaban J connectivity index is 1.20. The second kappa shape index (κ2) is 8.71. The van der Waals surface area contributed by atoms with Gasteiger partial charge in [0.05, 0.1) is 10.8 Å². The van der Waals surface area contributed by atoms with Gasteiger partial charge in [0, 0.05) is 18.7 Å². The van der Waals surface area contributed by atoms with E-state index in [9.17, 15) is 14.4 Å². The van der Waals surface area contributed by atoms with Crippen LogP contribution >= 0.6 is 11.3 Å². The molecule has 2 aromatic carbocycles. The molecule has 0 saturated carbocycles. The standard InChI is InChI=1S/C26H23NO4S/c28-23(19-10-9-18-13-17-5-1-2-7-21(17)22(18)14-19)16-31-26(30)20-6-3-11-27(15-20)25(29)24-8-4-12-32-24/h1-2,4-5,7-10,12,14,20H,3,6,11,13,15-16H2. The molecule has 1 aliphatic carbocycles. The molecule has 6 heteroatoms. The van der Waals surface area contributed by atoms with E-state index in [1.807, 2.05) is 41.8 Å². The van der Waals surface area contributed by atoms with E-state index in [-0.39, 0.29) is 18.3 Å². The Hall–Kier alpha value is -3.25. The number of carbonyl (C=O) groups excluding carboxylic acids is 3. The highest BCUT2D eigenvalue weighted by atomic mass is 32.1. The summed E-state index contributed by atoms with van der Waals surface area (Å²) in [6.07, 6.45) is 2.28. The highest BCUT2D eigenvalue weighted by Gasteiger charge is 2.30. The number of nitrogens with zero attached hydrogens (tertiary/aromatic N) is 1. The number of hydrogen-bond acceptors (Lipinski definition) is 5. The Bertz CT molecular complexity index is 1180. The Morgan fingerprint density at radius 2 is 1.84 bits per heavy atom. The van der Waals surface area contributed by atoms with Crippen LogP contribution in [0.15, 0.2) is 60.0 Å². The summed E-state index contributed by atoms with van der Waals surface area (Å²) in [5.74, 6) is -1.07. The van der Waals surface area contributed by atoms with Gasteiger partial charge in [-0.15, -0.1) is 11.3 Å². The number of benzene rings is 2. The zero-order valence-electron chi connectivity index (χ0n) is 17.6. The number of esters is 1. The van der Waals surface area contributed by atoms with Crippen LogP contribution in [0.4, 0.5) is 0 Å². The third-order valence-electron chi connectivity index (χ3n) is 6.24. The van der Waals surface area contributed by atoms with Crippen LogP contribution in [-0.2, 0) is 16.0 Å². The van der Waals surface area contributed by atoms with Crippen LogP contribution in [0.5, 0.6) is 0 Å². The molecule has 5 nitrogen and oxygen atoms in total. The van der Waals surface area contributed by atoms with Crippen LogP contribution in [0.3, 0.4) is 0 Å². The predicted octanol–water partition coefficient (Wildman–Crippen LogP) is 4.60. The molecule has 1 aromatic heterocycles. The van der Waals surface area contributed by atoms with Crippen molar-refractivity contribution in [3.63, 3.8) is 0 Å². The van der Waals surface area contributed by atoms with E-state index in [0.717, 1.165) is 24.0 Å². The third-order valence-corrected chi connectivity index (χ3v) is 7.10. The molecule has 2 heterocycles. The van der Waals surface area contributed by atoms with Crippen molar-refractivity contribution in [3.8, 4) is 11.1 Å². The molecule has 5 rings (SSSR count). The van der Waals surface area contributed by atoms with Crippen molar-refractivity contribution < 1.29 is 19.1 Å². The number of hydrogen-bond donors (Lipinski definition) is 0. The quantitative estimate of drug-likeness (QED) is 0.333. The Morgan fingerprint density at radius 1 is 1.00 bits per heavy atom. The number of rotatable bonds is 5. The van der Waals surface area contributed by atoms with Crippen molar-refractivity contribution in [2.24, 2.45) is 5.92 Å². The molecule has 32 heavy (non-hydrogen) atoms. The van der Waals surface area contributed by atoms with Crippen LogP contribution in [0.2, 0.25) is 0 Å². The van der Waals surface area contributed by atoms with Crippen LogP contribution in [0, 0.1) is 5.92 Å². The van der Waals surface area contributed by atoms with Gasteiger partial charge in [-0.25, -0.2) is 0 Å². The smallest absolute Gasteiger partial charge is 0.311 e. The molecule has 1 aliphatic heterocycles. The van der Waals surface area contributed by atoms with Gasteiger partial charge in [0.2, 0.25) is 0 Å². The SMILES string of the molecule is O=C(COC(=O)C1CCCN(C(=O)c2cccs2)C1)c1ccc2c(c1)-c1ccccc1C2. The Kier molecular flexibility index (Phi) is 5.62. The first-order valence-corrected chi connectivity index (χ1v) is 11.7. The summed E-state index contributed by atoms with van der Waals surface area (Å²) in [5, 5.41) is 1.87. The number of piperidine rings is 1. The maximum atomic E-state index is 12.7. The summed E-state index contributed by atoms with van der Waals surface area (Å²) in [5.41, 5.74) is 5.25. The monoisotopic (exact) mass is 445 g/mol. The normalized spacial score (nSPS) is 16.9. The number of fused-ring (bicyclic) bond motifs is 3. The number of likely N-dealkylation sites (tertiary alicyclic amines) is 1. The first kappa shape index (κ1) is 20.6. The summed E-state index contributed by atoms with van der Waals surface area (Å²) < 4.78 is 5.38. The van der Waals surface area contributed by atoms with Gasteiger partial charge < -0.3 is 9.64 Å². The first-order valence-electron chi connectivity index (χ1n) is 10.8. The van der Waals surface area contributed by atoms with Crippen molar-refractivity contribution in [1.82, 2.24) is 4.90 Å². The molecule has 0 radical (unpaired) electrons. The highest BCUT2D eigenvalue weighted by Crippen LogP contribution is 2.36.